The lowest BCUT2D eigenvalue weighted by Crippen LogP contribution is -3.08. The average molecular weight is 399 g/mol. The topological polar surface area (TPSA) is 95.6 Å². The zero-order chi connectivity index (χ0) is 19.8. The van der Waals surface area contributed by atoms with Gasteiger partial charge in [-0.05, 0) is 16.5 Å². The van der Waals surface area contributed by atoms with E-state index in [2.05, 4.69) is 39.0 Å². The monoisotopic (exact) mass is 399 g/mol. The maximum Gasteiger partial charge on any atom is 0.217 e. The average Bonchev–Trinajstić information content (AvgIpc) is 3.48. The number of hydrogen-bond acceptors (Lipinski definition) is 6. The van der Waals surface area contributed by atoms with Crippen molar-refractivity contribution in [1.82, 2.24) is 25.5 Å². The van der Waals surface area contributed by atoms with E-state index < -0.39 is 0 Å². The lowest BCUT2D eigenvalue weighted by atomic mass is 10.1. The first-order valence-corrected chi connectivity index (χ1v) is 10.4. The molecule has 9 nitrogen and oxygen atoms in total. The molecule has 5 rings (SSSR count). The molecule has 1 aromatic heterocycles. The molecule has 154 valence electrons. The zero-order valence-electron chi connectivity index (χ0n) is 16.6. The number of ether oxygens (including phenoxy) is 2. The fourth-order valence-corrected chi connectivity index (χ4v) is 4.84. The predicted octanol–water partition coefficient (Wildman–Crippen LogP) is -0.638. The van der Waals surface area contributed by atoms with Gasteiger partial charge < -0.3 is 19.7 Å². The Morgan fingerprint density at radius 2 is 2.07 bits per heavy atom. The Labute approximate surface area is 169 Å². The number of amides is 1. The Morgan fingerprint density at radius 3 is 2.90 bits per heavy atom. The van der Waals surface area contributed by atoms with Crippen molar-refractivity contribution in [2.75, 3.05) is 26.3 Å². The van der Waals surface area contributed by atoms with Gasteiger partial charge in [-0.15, -0.1) is 5.10 Å². The molecule has 2 aromatic rings. The quantitative estimate of drug-likeness (QED) is 0.695. The summed E-state index contributed by atoms with van der Waals surface area (Å²) in [7, 11) is 0. The summed E-state index contributed by atoms with van der Waals surface area (Å²) in [5.41, 5.74) is 2.31. The highest BCUT2D eigenvalue weighted by Gasteiger charge is 2.49. The van der Waals surface area contributed by atoms with E-state index in [4.69, 9.17) is 9.47 Å². The number of quaternary nitrogens is 1. The number of nitrogens with one attached hydrogen (secondary N) is 2. The molecule has 3 fully saturated rings. The Balaban J connectivity index is 1.36. The molecule has 0 aliphatic carbocycles. The van der Waals surface area contributed by atoms with Gasteiger partial charge in [-0.25, -0.2) is 4.68 Å². The molecule has 3 saturated heterocycles. The summed E-state index contributed by atoms with van der Waals surface area (Å²) in [6.45, 7) is 5.94. The first-order chi connectivity index (χ1) is 14.2. The summed E-state index contributed by atoms with van der Waals surface area (Å²) in [5, 5.41) is 15.4. The van der Waals surface area contributed by atoms with Crippen LogP contribution >= 0.6 is 0 Å². The predicted molar refractivity (Wildman–Crippen MR) is 103 cm³/mol. The number of hydrogen-bond donors (Lipinski definition) is 2. The normalized spacial score (nSPS) is 29.3. The number of nitrogens with zero attached hydrogens (tertiary/aromatic N) is 4. The Hall–Kier alpha value is -2.36. The van der Waals surface area contributed by atoms with Crippen molar-refractivity contribution in [3.05, 3.63) is 29.8 Å². The zero-order valence-corrected chi connectivity index (χ0v) is 16.6. The minimum absolute atomic E-state index is 0.0774. The van der Waals surface area contributed by atoms with Crippen molar-refractivity contribution in [2.24, 2.45) is 0 Å². The van der Waals surface area contributed by atoms with E-state index in [-0.39, 0.29) is 30.2 Å². The third kappa shape index (κ3) is 3.65. The minimum atomic E-state index is -0.175. The fourth-order valence-electron chi connectivity index (χ4n) is 4.84. The second-order valence-electron chi connectivity index (χ2n) is 8.25. The molecule has 4 atom stereocenters. The number of fused-ring (bicyclic) bond motifs is 1. The molecule has 2 N–H and O–H groups in total. The standard InChI is InChI=1S/C20H26N6O3/c1-13(27)21-16-11-28-19-17(12-29-18(16)19)26-20(22-23-24-26)15-6-4-5-14(9-15)10-25-7-2-3-8-25/h4-6,9,16-19H,2-3,7-8,10-12H2,1H3,(H,21,27)/p+1/t16-,17-,18+,19+/m0/s1. The van der Waals surface area contributed by atoms with Crippen LogP contribution in [0.1, 0.15) is 31.4 Å². The summed E-state index contributed by atoms with van der Waals surface area (Å²) in [5.74, 6) is 0.649. The summed E-state index contributed by atoms with van der Waals surface area (Å²) in [4.78, 5) is 13.1. The van der Waals surface area contributed by atoms with Gasteiger partial charge in [0.05, 0.1) is 32.3 Å². The molecule has 1 amide bonds. The smallest absolute Gasteiger partial charge is 0.217 e. The SMILES string of the molecule is CC(=O)N[C@H]1CO[C@H]2[C@@H]1OC[C@@H]2n1nnnc1-c1cccc(C[NH+]2CCCC2)c1. The van der Waals surface area contributed by atoms with Gasteiger partial charge in [-0.3, -0.25) is 4.79 Å². The van der Waals surface area contributed by atoms with E-state index in [0.29, 0.717) is 13.2 Å². The van der Waals surface area contributed by atoms with Crippen LogP contribution < -0.4 is 10.2 Å². The molecule has 0 bridgehead atoms. The van der Waals surface area contributed by atoms with Crippen LogP contribution in [0.3, 0.4) is 0 Å². The Bertz CT molecular complexity index is 881. The number of carbonyl (C=O) groups excluding carboxylic acids is 1. The molecule has 0 saturated carbocycles. The van der Waals surface area contributed by atoms with Gasteiger partial charge in [0.2, 0.25) is 5.91 Å². The molecule has 3 aliphatic heterocycles. The molecule has 1 aromatic carbocycles. The molecule has 3 aliphatic rings. The number of tetrazole rings is 1. The summed E-state index contributed by atoms with van der Waals surface area (Å²) in [6, 6.07) is 8.25. The van der Waals surface area contributed by atoms with Crippen LogP contribution in [0.4, 0.5) is 0 Å². The van der Waals surface area contributed by atoms with Crippen LogP contribution in [0.25, 0.3) is 11.4 Å². The molecule has 29 heavy (non-hydrogen) atoms. The highest BCUT2D eigenvalue weighted by molar-refractivity contribution is 5.73. The van der Waals surface area contributed by atoms with Crippen molar-refractivity contribution in [2.45, 2.75) is 50.6 Å². The number of rotatable bonds is 5. The van der Waals surface area contributed by atoms with Gasteiger partial charge >= 0.3 is 0 Å². The highest BCUT2D eigenvalue weighted by atomic mass is 16.6. The van der Waals surface area contributed by atoms with Gasteiger partial charge in [0.25, 0.3) is 0 Å². The molecule has 9 heteroatoms. The number of aromatic nitrogens is 4. The third-order valence-corrected chi connectivity index (χ3v) is 6.17. The summed E-state index contributed by atoms with van der Waals surface area (Å²) in [6.07, 6.45) is 2.28. The van der Waals surface area contributed by atoms with Gasteiger partial charge in [0, 0.05) is 30.9 Å². The van der Waals surface area contributed by atoms with Crippen molar-refractivity contribution in [3.8, 4) is 11.4 Å². The molecule has 0 unspecified atom stereocenters. The number of benzene rings is 1. The van der Waals surface area contributed by atoms with Crippen LogP contribution in [0.2, 0.25) is 0 Å². The summed E-state index contributed by atoms with van der Waals surface area (Å²) < 4.78 is 13.8. The Morgan fingerprint density at radius 1 is 1.24 bits per heavy atom. The first kappa shape index (κ1) is 18.7. The lowest BCUT2D eigenvalue weighted by molar-refractivity contribution is -0.901. The Kier molecular flexibility index (Phi) is 5.03. The number of carbonyl (C=O) groups is 1. The molecular weight excluding hydrogens is 372 g/mol. The van der Waals surface area contributed by atoms with E-state index in [1.54, 1.807) is 4.90 Å². The van der Waals surface area contributed by atoms with Crippen molar-refractivity contribution < 1.29 is 19.2 Å². The highest BCUT2D eigenvalue weighted by Crippen LogP contribution is 2.35. The van der Waals surface area contributed by atoms with Crippen molar-refractivity contribution in [1.29, 1.82) is 0 Å². The van der Waals surface area contributed by atoms with E-state index in [1.807, 2.05) is 10.7 Å². The van der Waals surface area contributed by atoms with E-state index in [9.17, 15) is 4.79 Å². The molecule has 0 spiro atoms. The third-order valence-electron chi connectivity index (χ3n) is 6.17. The number of likely N-dealkylation sites (tertiary alicyclic amines) is 1. The van der Waals surface area contributed by atoms with Gasteiger partial charge in [-0.1, -0.05) is 18.2 Å². The van der Waals surface area contributed by atoms with E-state index in [0.717, 1.165) is 17.9 Å². The first-order valence-electron chi connectivity index (χ1n) is 10.4. The van der Waals surface area contributed by atoms with Crippen LogP contribution in [0, 0.1) is 0 Å². The molecular formula is C20H27N6O3+. The van der Waals surface area contributed by atoms with Gasteiger partial charge in [-0.2, -0.15) is 0 Å². The van der Waals surface area contributed by atoms with Crippen molar-refractivity contribution in [3.63, 3.8) is 0 Å². The minimum Gasteiger partial charge on any atom is -0.371 e. The fraction of sp³-hybridized carbons (Fsp3) is 0.600. The molecule has 0 radical (unpaired) electrons. The molecule has 4 heterocycles. The van der Waals surface area contributed by atoms with Gasteiger partial charge in [0.15, 0.2) is 5.82 Å². The van der Waals surface area contributed by atoms with Crippen LogP contribution in [-0.2, 0) is 20.8 Å². The van der Waals surface area contributed by atoms with E-state index >= 15 is 0 Å². The lowest BCUT2D eigenvalue weighted by Gasteiger charge is -2.18. The van der Waals surface area contributed by atoms with Gasteiger partial charge in [0.1, 0.15) is 24.8 Å². The van der Waals surface area contributed by atoms with Crippen LogP contribution in [-0.4, -0.2) is 70.7 Å². The van der Waals surface area contributed by atoms with E-state index in [1.165, 1.54) is 38.4 Å². The maximum atomic E-state index is 11.4. The summed E-state index contributed by atoms with van der Waals surface area (Å²) >= 11 is 0. The second kappa shape index (κ2) is 7.81. The second-order valence-corrected chi connectivity index (χ2v) is 8.25. The largest absolute Gasteiger partial charge is 0.371 e. The van der Waals surface area contributed by atoms with Crippen LogP contribution in [0.5, 0.6) is 0 Å². The van der Waals surface area contributed by atoms with Crippen LogP contribution in [0.15, 0.2) is 24.3 Å². The maximum absolute atomic E-state index is 11.4. The van der Waals surface area contributed by atoms with Crippen molar-refractivity contribution >= 4 is 5.91 Å².